The van der Waals surface area contributed by atoms with Crippen molar-refractivity contribution < 1.29 is 14.5 Å². The van der Waals surface area contributed by atoms with Gasteiger partial charge in [0.05, 0.1) is 17.8 Å². The highest BCUT2D eigenvalue weighted by Gasteiger charge is 2.21. The molecule has 2 N–H and O–H groups in total. The second-order valence-electron chi connectivity index (χ2n) is 7.01. The molecule has 0 fully saturated rings. The molecule has 6 heteroatoms. The van der Waals surface area contributed by atoms with Crippen molar-refractivity contribution in [2.24, 2.45) is 0 Å². The quantitative estimate of drug-likeness (QED) is 0.730. The van der Waals surface area contributed by atoms with E-state index in [0.29, 0.717) is 16.8 Å². The van der Waals surface area contributed by atoms with Crippen LogP contribution in [0.25, 0.3) is 0 Å². The second kappa shape index (κ2) is 8.52. The van der Waals surface area contributed by atoms with Crippen molar-refractivity contribution in [3.05, 3.63) is 52.3 Å². The zero-order valence-electron chi connectivity index (χ0n) is 16.0. The van der Waals surface area contributed by atoms with Crippen molar-refractivity contribution in [2.45, 2.75) is 33.7 Å². The molecule has 0 aliphatic heterocycles. The molecule has 0 aliphatic carbocycles. The van der Waals surface area contributed by atoms with E-state index in [2.05, 4.69) is 23.7 Å². The Balaban J connectivity index is 1.98. The maximum absolute atomic E-state index is 12.7. The summed E-state index contributed by atoms with van der Waals surface area (Å²) < 4.78 is 2.16. The number of anilines is 1. The van der Waals surface area contributed by atoms with Crippen LogP contribution in [-0.2, 0) is 4.79 Å². The van der Waals surface area contributed by atoms with E-state index in [1.165, 1.54) is 0 Å². The summed E-state index contributed by atoms with van der Waals surface area (Å²) in [6, 6.07) is 9.34. The van der Waals surface area contributed by atoms with Gasteiger partial charge in [-0.2, -0.15) is 0 Å². The number of halogens is 1. The summed E-state index contributed by atoms with van der Waals surface area (Å²) >= 11 is 6.05. The summed E-state index contributed by atoms with van der Waals surface area (Å²) in [6.45, 7) is 8.64. The fourth-order valence-corrected chi connectivity index (χ4v) is 3.50. The van der Waals surface area contributed by atoms with E-state index in [0.717, 1.165) is 21.9 Å². The Labute approximate surface area is 159 Å². The molecule has 5 nitrogen and oxygen atoms in total. The molecule has 1 unspecified atom stereocenters. The summed E-state index contributed by atoms with van der Waals surface area (Å²) in [5.74, 6) is -0.121. The number of aromatic nitrogens is 1. The first-order valence-corrected chi connectivity index (χ1v) is 9.15. The van der Waals surface area contributed by atoms with Crippen LogP contribution in [0, 0.1) is 13.8 Å². The molecule has 26 heavy (non-hydrogen) atoms. The molecule has 1 aromatic heterocycles. The predicted molar refractivity (Wildman–Crippen MR) is 105 cm³/mol. The third-order valence-electron chi connectivity index (χ3n) is 4.37. The Bertz CT molecular complexity index is 811. The minimum atomic E-state index is -0.170. The number of Topliss-reactive ketones (excluding diaryl/α,β-unsaturated/α-hetero) is 1. The molecular weight excluding hydrogens is 350 g/mol. The number of amides is 1. The number of quaternary nitrogens is 1. The van der Waals surface area contributed by atoms with Crippen LogP contribution in [0.1, 0.15) is 41.6 Å². The van der Waals surface area contributed by atoms with Crippen LogP contribution in [0.5, 0.6) is 0 Å². The number of para-hydroxylation sites is 1. The number of aryl methyl sites for hydroxylation is 1. The Hall–Kier alpha value is -2.11. The van der Waals surface area contributed by atoms with E-state index < -0.39 is 0 Å². The van der Waals surface area contributed by atoms with Crippen molar-refractivity contribution in [2.75, 3.05) is 25.5 Å². The predicted octanol–water partition coefficient (Wildman–Crippen LogP) is 2.68. The van der Waals surface area contributed by atoms with Gasteiger partial charge in [-0.15, -0.1) is 0 Å². The fraction of sp³-hybridized carbons (Fsp3) is 0.400. The van der Waals surface area contributed by atoms with E-state index in [9.17, 15) is 9.59 Å². The normalized spacial score (nSPS) is 12.3. The fourth-order valence-electron chi connectivity index (χ4n) is 3.32. The highest BCUT2D eigenvalue weighted by atomic mass is 35.5. The molecule has 1 heterocycles. The summed E-state index contributed by atoms with van der Waals surface area (Å²) in [4.78, 5) is 25.7. The molecule has 2 rings (SSSR count). The molecular formula is C20H27ClN3O2+. The lowest BCUT2D eigenvalue weighted by Gasteiger charge is -2.15. The molecule has 2 aromatic rings. The number of hydrogen-bond donors (Lipinski definition) is 2. The van der Waals surface area contributed by atoms with E-state index in [1.807, 2.05) is 39.1 Å². The summed E-state index contributed by atoms with van der Waals surface area (Å²) in [6.07, 6.45) is 0. The van der Waals surface area contributed by atoms with Crippen molar-refractivity contribution in [1.29, 1.82) is 0 Å². The number of nitrogens with zero attached hydrogens (tertiary/aromatic N) is 1. The lowest BCUT2D eigenvalue weighted by Crippen LogP contribution is -3.11. The SMILES string of the molecule is Cc1cc(C(=O)C[NH+](C)CC(=O)Nc2ccccc2Cl)c(C)n1C(C)C. The Morgan fingerprint density at radius 3 is 2.42 bits per heavy atom. The maximum Gasteiger partial charge on any atom is 0.279 e. The Morgan fingerprint density at radius 2 is 1.85 bits per heavy atom. The number of carbonyl (C=O) groups is 2. The van der Waals surface area contributed by atoms with Gasteiger partial charge in [-0.05, 0) is 45.9 Å². The average Bonchev–Trinajstić information content (AvgIpc) is 2.84. The third kappa shape index (κ3) is 4.74. The standard InChI is InChI=1S/C20H26ClN3O2/c1-13(2)24-14(3)10-16(15(24)4)19(25)11-23(5)12-20(26)22-18-9-7-6-8-17(18)21/h6-10,13H,11-12H2,1-5H3,(H,22,26)/p+1. The van der Waals surface area contributed by atoms with Crippen molar-refractivity contribution in [3.63, 3.8) is 0 Å². The van der Waals surface area contributed by atoms with Gasteiger partial charge in [-0.25, -0.2) is 0 Å². The van der Waals surface area contributed by atoms with Crippen LogP contribution in [0.15, 0.2) is 30.3 Å². The smallest absolute Gasteiger partial charge is 0.279 e. The third-order valence-corrected chi connectivity index (χ3v) is 4.70. The Morgan fingerprint density at radius 1 is 1.19 bits per heavy atom. The largest absolute Gasteiger partial charge is 0.346 e. The average molecular weight is 377 g/mol. The van der Waals surface area contributed by atoms with Crippen LogP contribution in [-0.4, -0.2) is 36.4 Å². The van der Waals surface area contributed by atoms with E-state index in [4.69, 9.17) is 11.6 Å². The van der Waals surface area contributed by atoms with E-state index in [1.54, 1.807) is 12.1 Å². The zero-order valence-corrected chi connectivity index (χ0v) is 16.8. The molecule has 0 bridgehead atoms. The second-order valence-corrected chi connectivity index (χ2v) is 7.42. The minimum Gasteiger partial charge on any atom is -0.346 e. The number of carbonyl (C=O) groups excluding carboxylic acids is 2. The first kappa shape index (κ1) is 20.2. The highest BCUT2D eigenvalue weighted by Crippen LogP contribution is 2.21. The van der Waals surface area contributed by atoms with Gasteiger partial charge in [0.25, 0.3) is 5.91 Å². The molecule has 140 valence electrons. The molecule has 1 aromatic carbocycles. The number of likely N-dealkylation sites (N-methyl/N-ethyl adjacent to an activating group) is 1. The van der Waals surface area contributed by atoms with Gasteiger partial charge in [0.2, 0.25) is 5.78 Å². The summed E-state index contributed by atoms with van der Waals surface area (Å²) in [5, 5.41) is 3.28. The van der Waals surface area contributed by atoms with Crippen LogP contribution in [0.2, 0.25) is 5.02 Å². The van der Waals surface area contributed by atoms with Gasteiger partial charge in [-0.1, -0.05) is 23.7 Å². The first-order chi connectivity index (χ1) is 12.2. The minimum absolute atomic E-state index is 0.0491. The number of nitrogens with one attached hydrogen (secondary N) is 2. The molecule has 0 saturated carbocycles. The topological polar surface area (TPSA) is 55.5 Å². The maximum atomic E-state index is 12.7. The van der Waals surface area contributed by atoms with Crippen LogP contribution in [0.4, 0.5) is 5.69 Å². The molecule has 0 spiro atoms. The summed E-state index contributed by atoms with van der Waals surface area (Å²) in [7, 11) is 1.84. The number of rotatable bonds is 7. The zero-order chi connectivity index (χ0) is 19.4. The lowest BCUT2D eigenvalue weighted by atomic mass is 10.1. The van der Waals surface area contributed by atoms with Gasteiger partial charge in [0, 0.05) is 23.0 Å². The van der Waals surface area contributed by atoms with Crippen LogP contribution < -0.4 is 10.2 Å². The van der Waals surface area contributed by atoms with Crippen LogP contribution in [0.3, 0.4) is 0 Å². The molecule has 0 saturated heterocycles. The first-order valence-electron chi connectivity index (χ1n) is 8.78. The van der Waals surface area contributed by atoms with Gasteiger partial charge >= 0.3 is 0 Å². The van der Waals surface area contributed by atoms with E-state index in [-0.39, 0.29) is 24.8 Å². The number of ketones is 1. The van der Waals surface area contributed by atoms with Crippen LogP contribution >= 0.6 is 11.6 Å². The molecule has 1 amide bonds. The van der Waals surface area contributed by atoms with Gasteiger partial charge in [0.15, 0.2) is 6.54 Å². The number of benzene rings is 1. The van der Waals surface area contributed by atoms with Crippen molar-refractivity contribution >= 4 is 29.0 Å². The monoisotopic (exact) mass is 376 g/mol. The number of hydrogen-bond acceptors (Lipinski definition) is 2. The van der Waals surface area contributed by atoms with Gasteiger partial charge < -0.3 is 14.8 Å². The molecule has 0 aliphatic rings. The van der Waals surface area contributed by atoms with Crippen molar-refractivity contribution in [3.8, 4) is 0 Å². The lowest BCUT2D eigenvalue weighted by molar-refractivity contribution is -0.861. The Kier molecular flexibility index (Phi) is 6.62. The van der Waals surface area contributed by atoms with Gasteiger partial charge in [-0.3, -0.25) is 9.59 Å². The molecule has 0 radical (unpaired) electrons. The van der Waals surface area contributed by atoms with E-state index >= 15 is 0 Å². The van der Waals surface area contributed by atoms with Crippen molar-refractivity contribution in [1.82, 2.24) is 4.57 Å². The molecule has 1 atom stereocenters. The highest BCUT2D eigenvalue weighted by molar-refractivity contribution is 6.33. The van der Waals surface area contributed by atoms with Gasteiger partial charge in [0.1, 0.15) is 6.54 Å². The summed E-state index contributed by atoms with van der Waals surface area (Å²) in [5.41, 5.74) is 3.38.